The average molecular weight is 352 g/mol. The number of hydrogen-bond acceptors (Lipinski definition) is 3. The van der Waals surface area contributed by atoms with Gasteiger partial charge < -0.3 is 15.0 Å². The first-order chi connectivity index (χ1) is 12.7. The van der Waals surface area contributed by atoms with E-state index in [0.717, 1.165) is 16.9 Å². The van der Waals surface area contributed by atoms with Crippen LogP contribution in [0.5, 0.6) is 5.75 Å². The summed E-state index contributed by atoms with van der Waals surface area (Å²) < 4.78 is 5.19. The molecule has 1 fully saturated rings. The molecule has 0 spiro atoms. The number of hydrogen-bond donors (Lipinski definition) is 1. The standard InChI is InChI=1S/C21H24N2O3/c1-26-19-9-5-6-16(14-19)15-22-21(25)23-12-10-18(11-13-23)20(24)17-7-3-2-4-8-17/h2-9,14,18H,10-13,15H2,1H3,(H,22,25). The molecule has 136 valence electrons. The zero-order valence-corrected chi connectivity index (χ0v) is 15.0. The molecule has 1 saturated heterocycles. The minimum atomic E-state index is -0.0848. The van der Waals surface area contributed by atoms with Crippen molar-refractivity contribution < 1.29 is 14.3 Å². The minimum absolute atomic E-state index is 0.000153. The maximum atomic E-state index is 12.5. The predicted molar refractivity (Wildman–Crippen MR) is 100 cm³/mol. The van der Waals surface area contributed by atoms with Crippen LogP contribution in [0.2, 0.25) is 0 Å². The Kier molecular flexibility index (Phi) is 5.89. The quantitative estimate of drug-likeness (QED) is 0.838. The number of ketones is 1. The van der Waals surface area contributed by atoms with Gasteiger partial charge in [-0.1, -0.05) is 42.5 Å². The Bertz CT molecular complexity index is 753. The van der Waals surface area contributed by atoms with E-state index < -0.39 is 0 Å². The van der Waals surface area contributed by atoms with Gasteiger partial charge in [0, 0.05) is 31.1 Å². The number of amides is 2. The summed E-state index contributed by atoms with van der Waals surface area (Å²) in [4.78, 5) is 26.7. The highest BCUT2D eigenvalue weighted by Gasteiger charge is 2.27. The number of nitrogens with one attached hydrogen (secondary N) is 1. The summed E-state index contributed by atoms with van der Waals surface area (Å²) in [6.07, 6.45) is 1.42. The van der Waals surface area contributed by atoms with Crippen molar-refractivity contribution in [2.45, 2.75) is 19.4 Å². The first-order valence-electron chi connectivity index (χ1n) is 8.92. The lowest BCUT2D eigenvalue weighted by Gasteiger charge is -2.31. The number of nitrogens with zero attached hydrogens (tertiary/aromatic N) is 1. The highest BCUT2D eigenvalue weighted by Crippen LogP contribution is 2.22. The van der Waals surface area contributed by atoms with Crippen LogP contribution in [0.15, 0.2) is 54.6 Å². The van der Waals surface area contributed by atoms with Gasteiger partial charge in [0.1, 0.15) is 5.75 Å². The Balaban J connectivity index is 1.48. The van der Waals surface area contributed by atoms with E-state index in [-0.39, 0.29) is 17.7 Å². The Labute approximate surface area is 154 Å². The fourth-order valence-corrected chi connectivity index (χ4v) is 3.25. The van der Waals surface area contributed by atoms with Gasteiger partial charge in [-0.15, -0.1) is 0 Å². The van der Waals surface area contributed by atoms with Gasteiger partial charge in [0.25, 0.3) is 0 Å². The lowest BCUT2D eigenvalue weighted by atomic mass is 9.89. The van der Waals surface area contributed by atoms with Gasteiger partial charge >= 0.3 is 6.03 Å². The molecule has 0 aromatic heterocycles. The molecule has 1 aliphatic heterocycles. The second-order valence-corrected chi connectivity index (χ2v) is 6.50. The van der Waals surface area contributed by atoms with Gasteiger partial charge in [-0.2, -0.15) is 0 Å². The van der Waals surface area contributed by atoms with Crippen LogP contribution in [0.25, 0.3) is 0 Å². The number of piperidine rings is 1. The second kappa shape index (κ2) is 8.52. The summed E-state index contributed by atoms with van der Waals surface area (Å²) in [5.74, 6) is 0.957. The molecule has 0 aliphatic carbocycles. The summed E-state index contributed by atoms with van der Waals surface area (Å²) >= 11 is 0. The molecule has 0 bridgehead atoms. The van der Waals surface area contributed by atoms with Crippen LogP contribution in [0.1, 0.15) is 28.8 Å². The van der Waals surface area contributed by atoms with E-state index in [4.69, 9.17) is 4.74 Å². The predicted octanol–water partition coefficient (Wildman–Crippen LogP) is 3.50. The van der Waals surface area contributed by atoms with E-state index >= 15 is 0 Å². The van der Waals surface area contributed by atoms with Crippen molar-refractivity contribution >= 4 is 11.8 Å². The maximum Gasteiger partial charge on any atom is 0.317 e. The van der Waals surface area contributed by atoms with Crippen LogP contribution in [0.3, 0.4) is 0 Å². The van der Waals surface area contributed by atoms with Crippen molar-refractivity contribution in [3.8, 4) is 5.75 Å². The first-order valence-corrected chi connectivity index (χ1v) is 8.92. The molecule has 1 aliphatic rings. The van der Waals surface area contributed by atoms with Crippen LogP contribution < -0.4 is 10.1 Å². The first kappa shape index (κ1) is 18.0. The molecular weight excluding hydrogens is 328 g/mol. The van der Waals surface area contributed by atoms with E-state index in [1.54, 1.807) is 12.0 Å². The van der Waals surface area contributed by atoms with Crippen molar-refractivity contribution in [2.75, 3.05) is 20.2 Å². The molecule has 26 heavy (non-hydrogen) atoms. The van der Waals surface area contributed by atoms with Gasteiger partial charge in [0.2, 0.25) is 0 Å². The fourth-order valence-electron chi connectivity index (χ4n) is 3.25. The number of methoxy groups -OCH3 is 1. The van der Waals surface area contributed by atoms with Gasteiger partial charge in [-0.05, 0) is 30.5 Å². The van der Waals surface area contributed by atoms with Crippen molar-refractivity contribution in [2.24, 2.45) is 5.92 Å². The topological polar surface area (TPSA) is 58.6 Å². The summed E-state index contributed by atoms with van der Waals surface area (Å²) in [7, 11) is 1.62. The molecule has 5 heteroatoms. The second-order valence-electron chi connectivity index (χ2n) is 6.50. The van der Waals surface area contributed by atoms with E-state index in [2.05, 4.69) is 5.32 Å². The Morgan fingerprint density at radius 2 is 1.81 bits per heavy atom. The molecule has 0 radical (unpaired) electrons. The molecule has 3 rings (SSSR count). The highest BCUT2D eigenvalue weighted by atomic mass is 16.5. The SMILES string of the molecule is COc1cccc(CNC(=O)N2CCC(C(=O)c3ccccc3)CC2)c1. The van der Waals surface area contributed by atoms with E-state index in [9.17, 15) is 9.59 Å². The number of likely N-dealkylation sites (tertiary alicyclic amines) is 1. The molecular formula is C21H24N2O3. The van der Waals surface area contributed by atoms with Crippen LogP contribution in [0.4, 0.5) is 4.79 Å². The van der Waals surface area contributed by atoms with Gasteiger partial charge in [0.05, 0.1) is 7.11 Å². The molecule has 2 aromatic carbocycles. The largest absolute Gasteiger partial charge is 0.497 e. The van der Waals surface area contributed by atoms with E-state index in [1.165, 1.54) is 0 Å². The molecule has 0 atom stereocenters. The Morgan fingerprint density at radius 1 is 1.08 bits per heavy atom. The molecule has 2 amide bonds. The number of rotatable bonds is 5. The molecule has 2 aromatic rings. The molecule has 0 unspecified atom stereocenters. The Hall–Kier alpha value is -2.82. The lowest BCUT2D eigenvalue weighted by Crippen LogP contribution is -2.45. The highest BCUT2D eigenvalue weighted by molar-refractivity contribution is 5.97. The van der Waals surface area contributed by atoms with Crippen molar-refractivity contribution in [1.29, 1.82) is 0 Å². The van der Waals surface area contributed by atoms with Gasteiger partial charge in [0.15, 0.2) is 5.78 Å². The van der Waals surface area contributed by atoms with Crippen molar-refractivity contribution in [1.82, 2.24) is 10.2 Å². The van der Waals surface area contributed by atoms with Crippen molar-refractivity contribution in [3.05, 3.63) is 65.7 Å². The van der Waals surface area contributed by atoms with E-state index in [0.29, 0.717) is 32.5 Å². The van der Waals surface area contributed by atoms with Crippen molar-refractivity contribution in [3.63, 3.8) is 0 Å². The number of ether oxygens (including phenoxy) is 1. The van der Waals surface area contributed by atoms with Gasteiger partial charge in [-0.25, -0.2) is 4.79 Å². The Morgan fingerprint density at radius 3 is 2.50 bits per heavy atom. The van der Waals surface area contributed by atoms with Crippen LogP contribution >= 0.6 is 0 Å². The monoisotopic (exact) mass is 352 g/mol. The number of carbonyl (C=O) groups excluding carboxylic acids is 2. The number of benzene rings is 2. The summed E-state index contributed by atoms with van der Waals surface area (Å²) in [5, 5.41) is 2.94. The van der Waals surface area contributed by atoms with Crippen LogP contribution in [0, 0.1) is 5.92 Å². The molecule has 1 N–H and O–H groups in total. The summed E-state index contributed by atoms with van der Waals surface area (Å²) in [5.41, 5.74) is 1.75. The zero-order valence-electron chi connectivity index (χ0n) is 15.0. The maximum absolute atomic E-state index is 12.5. The van der Waals surface area contributed by atoms with E-state index in [1.807, 2.05) is 54.6 Å². The smallest absolute Gasteiger partial charge is 0.317 e. The normalized spacial score (nSPS) is 14.7. The molecule has 1 heterocycles. The van der Waals surface area contributed by atoms with Gasteiger partial charge in [-0.3, -0.25) is 4.79 Å². The average Bonchev–Trinajstić information content (AvgIpc) is 2.72. The zero-order chi connectivity index (χ0) is 18.4. The molecule has 0 saturated carbocycles. The minimum Gasteiger partial charge on any atom is -0.497 e. The summed E-state index contributed by atoms with van der Waals surface area (Å²) in [6.45, 7) is 1.67. The lowest BCUT2D eigenvalue weighted by molar-refractivity contribution is 0.0854. The fraction of sp³-hybridized carbons (Fsp3) is 0.333. The van der Waals surface area contributed by atoms with Crippen LogP contribution in [-0.4, -0.2) is 36.9 Å². The third kappa shape index (κ3) is 4.42. The number of urea groups is 1. The third-order valence-electron chi connectivity index (χ3n) is 4.79. The molecule has 5 nitrogen and oxygen atoms in total. The third-order valence-corrected chi connectivity index (χ3v) is 4.79. The number of Topliss-reactive ketones (excluding diaryl/α,β-unsaturated/α-hetero) is 1. The number of carbonyl (C=O) groups is 2. The van der Waals surface area contributed by atoms with Crippen LogP contribution in [-0.2, 0) is 6.54 Å². The summed E-state index contributed by atoms with van der Waals surface area (Å²) in [6, 6.07) is 16.9.